The Morgan fingerprint density at radius 1 is 1.15 bits per heavy atom. The van der Waals surface area contributed by atoms with Crippen molar-refractivity contribution in [1.29, 1.82) is 0 Å². The monoisotopic (exact) mass is 379 g/mol. The van der Waals surface area contributed by atoms with E-state index in [9.17, 15) is 9.59 Å². The summed E-state index contributed by atoms with van der Waals surface area (Å²) < 4.78 is 18.2. The third-order valence-electron chi connectivity index (χ3n) is 4.97. The van der Waals surface area contributed by atoms with E-state index in [1.807, 2.05) is 25.3 Å². The van der Waals surface area contributed by atoms with E-state index in [-0.39, 0.29) is 18.3 Å². The van der Waals surface area contributed by atoms with Crippen LogP contribution in [0.15, 0.2) is 12.5 Å². The van der Waals surface area contributed by atoms with E-state index in [0.717, 1.165) is 25.7 Å². The molecule has 0 N–H and O–H groups in total. The molecule has 1 amide bonds. The number of amides is 1. The van der Waals surface area contributed by atoms with Crippen LogP contribution < -0.4 is 0 Å². The number of imidazole rings is 1. The average molecular weight is 379 g/mol. The van der Waals surface area contributed by atoms with Crippen LogP contribution >= 0.6 is 0 Å². The summed E-state index contributed by atoms with van der Waals surface area (Å²) in [6.07, 6.45) is 7.03. The first-order valence-electron chi connectivity index (χ1n) is 9.50. The minimum Gasteiger partial charge on any atom is -0.464 e. The maximum atomic E-state index is 12.1. The van der Waals surface area contributed by atoms with Gasteiger partial charge >= 0.3 is 12.1 Å². The molecular formula is C19H29N3O5. The Labute approximate surface area is 159 Å². The first-order chi connectivity index (χ1) is 12.7. The molecule has 1 saturated heterocycles. The molecule has 0 unspecified atom stereocenters. The van der Waals surface area contributed by atoms with E-state index in [2.05, 4.69) is 9.72 Å². The highest BCUT2D eigenvalue weighted by atomic mass is 16.6. The average Bonchev–Trinajstić information content (AvgIpc) is 3.05. The van der Waals surface area contributed by atoms with Crippen molar-refractivity contribution < 1.29 is 23.8 Å². The van der Waals surface area contributed by atoms with E-state index in [1.165, 1.54) is 7.11 Å². The molecule has 2 aliphatic rings. The highest BCUT2D eigenvalue weighted by Gasteiger charge is 2.35. The van der Waals surface area contributed by atoms with Gasteiger partial charge in [-0.15, -0.1) is 0 Å². The second-order valence-electron chi connectivity index (χ2n) is 8.25. The minimum atomic E-state index is -0.466. The van der Waals surface area contributed by atoms with Gasteiger partial charge in [0.2, 0.25) is 0 Å². The van der Waals surface area contributed by atoms with Gasteiger partial charge in [0.1, 0.15) is 5.60 Å². The van der Waals surface area contributed by atoms with Crippen molar-refractivity contribution in [3.63, 3.8) is 0 Å². The van der Waals surface area contributed by atoms with Crippen LogP contribution in [0.4, 0.5) is 4.79 Å². The molecule has 0 radical (unpaired) electrons. The molecule has 3 rings (SSSR count). The van der Waals surface area contributed by atoms with Crippen LogP contribution in [0.2, 0.25) is 0 Å². The maximum Gasteiger partial charge on any atom is 0.410 e. The molecule has 1 aromatic rings. The lowest BCUT2D eigenvalue weighted by Gasteiger charge is -2.40. The molecule has 1 aromatic heterocycles. The Balaban J connectivity index is 1.38. The molecule has 8 heteroatoms. The van der Waals surface area contributed by atoms with Gasteiger partial charge in [0.25, 0.3) is 0 Å². The SMILES string of the molecule is COC(=O)c1cn(C2CC(OC3CCN(C(=O)OC(C)(C)C)CC3)C2)cn1. The Kier molecular flexibility index (Phi) is 5.74. The fraction of sp³-hybridized carbons (Fsp3) is 0.737. The summed E-state index contributed by atoms with van der Waals surface area (Å²) in [5.74, 6) is -0.419. The quantitative estimate of drug-likeness (QED) is 0.748. The number of carbonyl (C=O) groups is 2. The Morgan fingerprint density at radius 2 is 1.81 bits per heavy atom. The standard InChI is InChI=1S/C19H29N3O5/c1-19(2,3)27-18(24)21-7-5-14(6-8-21)26-15-9-13(10-15)22-11-16(20-12-22)17(23)25-4/h11-15H,5-10H2,1-4H3. The molecule has 0 aromatic carbocycles. The van der Waals surface area contributed by atoms with Gasteiger partial charge in [-0.3, -0.25) is 0 Å². The zero-order valence-corrected chi connectivity index (χ0v) is 16.5. The largest absolute Gasteiger partial charge is 0.464 e. The lowest BCUT2D eigenvalue weighted by atomic mass is 9.88. The number of piperidine rings is 1. The number of carbonyl (C=O) groups excluding carboxylic acids is 2. The predicted molar refractivity (Wildman–Crippen MR) is 97.5 cm³/mol. The number of likely N-dealkylation sites (tertiary alicyclic amines) is 1. The molecule has 1 aliphatic heterocycles. The summed E-state index contributed by atoms with van der Waals surface area (Å²) >= 11 is 0. The van der Waals surface area contributed by atoms with Crippen molar-refractivity contribution in [2.24, 2.45) is 0 Å². The summed E-state index contributed by atoms with van der Waals surface area (Å²) in [5, 5.41) is 0. The van der Waals surface area contributed by atoms with Crippen molar-refractivity contribution in [1.82, 2.24) is 14.5 Å². The summed E-state index contributed by atoms with van der Waals surface area (Å²) in [7, 11) is 1.35. The van der Waals surface area contributed by atoms with Crippen LogP contribution in [0.25, 0.3) is 0 Å². The third kappa shape index (κ3) is 5.00. The third-order valence-corrected chi connectivity index (χ3v) is 4.97. The number of ether oxygens (including phenoxy) is 3. The Morgan fingerprint density at radius 3 is 2.41 bits per heavy atom. The van der Waals surface area contributed by atoms with Crippen LogP contribution in [0.3, 0.4) is 0 Å². The van der Waals surface area contributed by atoms with Crippen LogP contribution in [0, 0.1) is 0 Å². The molecule has 1 saturated carbocycles. The summed E-state index contributed by atoms with van der Waals surface area (Å²) in [6.45, 7) is 6.96. The molecule has 27 heavy (non-hydrogen) atoms. The highest BCUT2D eigenvalue weighted by molar-refractivity contribution is 5.86. The number of rotatable bonds is 4. The normalized spacial score (nSPS) is 23.6. The van der Waals surface area contributed by atoms with Crippen LogP contribution in [-0.2, 0) is 14.2 Å². The van der Waals surface area contributed by atoms with E-state index in [0.29, 0.717) is 24.8 Å². The molecule has 0 atom stereocenters. The highest BCUT2D eigenvalue weighted by Crippen LogP contribution is 2.36. The van der Waals surface area contributed by atoms with Crippen molar-refractivity contribution in [2.45, 2.75) is 70.3 Å². The fourth-order valence-corrected chi connectivity index (χ4v) is 3.41. The number of aromatic nitrogens is 2. The topological polar surface area (TPSA) is 82.9 Å². The summed E-state index contributed by atoms with van der Waals surface area (Å²) in [5.41, 5.74) is -0.136. The number of esters is 1. The maximum absolute atomic E-state index is 12.1. The first-order valence-corrected chi connectivity index (χ1v) is 9.50. The molecule has 1 aliphatic carbocycles. The summed E-state index contributed by atoms with van der Waals surface area (Å²) in [4.78, 5) is 29.4. The van der Waals surface area contributed by atoms with E-state index in [1.54, 1.807) is 17.4 Å². The molecule has 150 valence electrons. The second kappa shape index (κ2) is 7.88. The number of hydrogen-bond acceptors (Lipinski definition) is 6. The van der Waals surface area contributed by atoms with Gasteiger partial charge in [-0.1, -0.05) is 0 Å². The zero-order chi connectivity index (χ0) is 19.6. The molecule has 0 bridgehead atoms. The lowest BCUT2D eigenvalue weighted by molar-refractivity contribution is -0.0903. The molecular weight excluding hydrogens is 350 g/mol. The van der Waals surface area contributed by atoms with Gasteiger partial charge in [0, 0.05) is 25.3 Å². The first kappa shape index (κ1) is 19.7. The lowest BCUT2D eigenvalue weighted by Crippen LogP contribution is -2.45. The van der Waals surface area contributed by atoms with E-state index in [4.69, 9.17) is 9.47 Å². The Hall–Kier alpha value is -2.09. The van der Waals surface area contributed by atoms with Gasteiger partial charge in [-0.05, 0) is 46.5 Å². The van der Waals surface area contributed by atoms with Gasteiger partial charge < -0.3 is 23.7 Å². The summed E-state index contributed by atoms with van der Waals surface area (Å²) in [6, 6.07) is 0.308. The molecule has 2 fully saturated rings. The predicted octanol–water partition coefficient (Wildman–Crippen LogP) is 2.79. The van der Waals surface area contributed by atoms with Crippen LogP contribution in [-0.4, -0.2) is 64.5 Å². The number of hydrogen-bond donors (Lipinski definition) is 0. The van der Waals surface area contributed by atoms with Crippen LogP contribution in [0.5, 0.6) is 0 Å². The van der Waals surface area contributed by atoms with E-state index < -0.39 is 11.6 Å². The van der Waals surface area contributed by atoms with Crippen molar-refractivity contribution >= 4 is 12.1 Å². The molecule has 2 heterocycles. The fourth-order valence-electron chi connectivity index (χ4n) is 3.41. The molecule has 0 spiro atoms. The van der Waals surface area contributed by atoms with E-state index >= 15 is 0 Å². The minimum absolute atomic E-state index is 0.183. The van der Waals surface area contributed by atoms with Gasteiger partial charge in [0.05, 0.1) is 25.6 Å². The van der Waals surface area contributed by atoms with Crippen molar-refractivity contribution in [3.05, 3.63) is 18.2 Å². The van der Waals surface area contributed by atoms with Gasteiger partial charge in [-0.25, -0.2) is 14.6 Å². The van der Waals surface area contributed by atoms with Gasteiger partial charge in [-0.2, -0.15) is 0 Å². The number of methoxy groups -OCH3 is 1. The van der Waals surface area contributed by atoms with Crippen LogP contribution in [0.1, 0.15) is 63.0 Å². The second-order valence-corrected chi connectivity index (χ2v) is 8.25. The van der Waals surface area contributed by atoms with Crippen molar-refractivity contribution in [3.8, 4) is 0 Å². The molecule has 8 nitrogen and oxygen atoms in total. The number of nitrogens with zero attached hydrogens (tertiary/aromatic N) is 3. The Bertz CT molecular complexity index is 667. The smallest absolute Gasteiger partial charge is 0.410 e. The van der Waals surface area contributed by atoms with Gasteiger partial charge in [0.15, 0.2) is 5.69 Å². The zero-order valence-electron chi connectivity index (χ0n) is 16.5. The van der Waals surface area contributed by atoms with Crippen molar-refractivity contribution in [2.75, 3.05) is 20.2 Å².